The third-order valence-electron chi connectivity index (χ3n) is 5.18. The van der Waals surface area contributed by atoms with Crippen LogP contribution in [0.5, 0.6) is 0 Å². The van der Waals surface area contributed by atoms with Crippen LogP contribution in [0, 0.1) is 13.8 Å². The lowest BCUT2D eigenvalue weighted by atomic mass is 10.2. The monoisotopic (exact) mass is 486 g/mol. The molecule has 4 rings (SSSR count). The van der Waals surface area contributed by atoms with Gasteiger partial charge in [0.05, 0.1) is 4.90 Å². The second-order valence-electron chi connectivity index (χ2n) is 7.78. The Hall–Kier alpha value is -2.61. The van der Waals surface area contributed by atoms with Gasteiger partial charge in [-0.3, -0.25) is 4.79 Å². The van der Waals surface area contributed by atoms with Crippen LogP contribution in [0.1, 0.15) is 32.9 Å². The van der Waals surface area contributed by atoms with E-state index in [2.05, 4.69) is 16.4 Å². The Bertz CT molecular complexity index is 1370. The number of nitrogens with one attached hydrogen (secondary N) is 2. The number of hydrogen-bond acceptors (Lipinski definition) is 4. The van der Waals surface area contributed by atoms with Gasteiger partial charge in [-0.05, 0) is 79.6 Å². The molecule has 0 spiro atoms. The van der Waals surface area contributed by atoms with Crippen LogP contribution in [-0.4, -0.2) is 25.9 Å². The van der Waals surface area contributed by atoms with Gasteiger partial charge in [-0.2, -0.15) is 0 Å². The molecule has 2 aromatic heterocycles. The summed E-state index contributed by atoms with van der Waals surface area (Å²) in [6.07, 6.45) is 1.62. The summed E-state index contributed by atoms with van der Waals surface area (Å²) in [6, 6.07) is 14.1. The van der Waals surface area contributed by atoms with E-state index in [-0.39, 0.29) is 15.5 Å². The van der Waals surface area contributed by atoms with E-state index in [0.717, 1.165) is 24.0 Å². The number of carbonyl (C=O) groups excluding carboxylic acids is 1. The van der Waals surface area contributed by atoms with Crippen molar-refractivity contribution in [2.24, 2.45) is 0 Å². The number of rotatable bonds is 7. The predicted molar refractivity (Wildman–Crippen MR) is 130 cm³/mol. The van der Waals surface area contributed by atoms with Crippen LogP contribution < -0.4 is 5.32 Å². The Balaban J connectivity index is 1.71. The standard InChI is InChI=1S/C24H23ClN2O3S2/c1-15-11-16(2)13-19(12-15)32(29,30)23-20-14-17(25)7-8-21(20)27-22(23)24(28)26-9-3-5-18-6-4-10-31-18/h4,6-8,10-14,27H,3,5,9H2,1-2H3,(H,26,28). The van der Waals surface area contributed by atoms with Crippen molar-refractivity contribution in [3.05, 3.63) is 80.6 Å². The number of hydrogen-bond donors (Lipinski definition) is 2. The van der Waals surface area contributed by atoms with E-state index in [1.165, 1.54) is 4.88 Å². The molecule has 32 heavy (non-hydrogen) atoms. The number of aryl methyl sites for hydroxylation is 3. The van der Waals surface area contributed by atoms with E-state index >= 15 is 0 Å². The number of sulfone groups is 1. The van der Waals surface area contributed by atoms with E-state index in [1.807, 2.05) is 31.4 Å². The zero-order valence-corrected chi connectivity index (χ0v) is 20.1. The number of thiophene rings is 1. The highest BCUT2D eigenvalue weighted by Gasteiger charge is 2.30. The van der Waals surface area contributed by atoms with Crippen LogP contribution in [0.4, 0.5) is 0 Å². The van der Waals surface area contributed by atoms with Crippen LogP contribution in [0.25, 0.3) is 10.9 Å². The van der Waals surface area contributed by atoms with E-state index in [9.17, 15) is 13.2 Å². The summed E-state index contributed by atoms with van der Waals surface area (Å²) < 4.78 is 27.4. The molecule has 5 nitrogen and oxygen atoms in total. The molecule has 0 saturated carbocycles. The first-order chi connectivity index (χ1) is 15.3. The maximum atomic E-state index is 13.7. The SMILES string of the molecule is Cc1cc(C)cc(S(=O)(=O)c2c(C(=O)NCCCc3cccs3)[nH]c3ccc(Cl)cc23)c1. The number of fused-ring (bicyclic) bond motifs is 1. The molecule has 2 heterocycles. The lowest BCUT2D eigenvalue weighted by molar-refractivity contribution is 0.0946. The van der Waals surface area contributed by atoms with Crippen molar-refractivity contribution < 1.29 is 13.2 Å². The Morgan fingerprint density at radius 3 is 2.53 bits per heavy atom. The summed E-state index contributed by atoms with van der Waals surface area (Å²) in [5, 5.41) is 5.68. The van der Waals surface area contributed by atoms with Gasteiger partial charge >= 0.3 is 0 Å². The van der Waals surface area contributed by atoms with Gasteiger partial charge in [0.25, 0.3) is 5.91 Å². The van der Waals surface area contributed by atoms with Crippen LogP contribution >= 0.6 is 22.9 Å². The number of H-pyrrole nitrogens is 1. The smallest absolute Gasteiger partial charge is 0.269 e. The first kappa shape index (κ1) is 22.6. The van der Waals surface area contributed by atoms with Gasteiger partial charge in [0.15, 0.2) is 0 Å². The molecular weight excluding hydrogens is 464 g/mol. The summed E-state index contributed by atoms with van der Waals surface area (Å²) in [7, 11) is -3.97. The van der Waals surface area contributed by atoms with Gasteiger partial charge in [-0.1, -0.05) is 23.7 Å². The normalized spacial score (nSPS) is 11.7. The average molecular weight is 487 g/mol. The van der Waals surface area contributed by atoms with E-state index in [4.69, 9.17) is 11.6 Å². The number of carbonyl (C=O) groups is 1. The Labute approximate surface area is 196 Å². The van der Waals surface area contributed by atoms with Gasteiger partial charge in [-0.15, -0.1) is 11.3 Å². The summed E-state index contributed by atoms with van der Waals surface area (Å²) >= 11 is 7.85. The fourth-order valence-electron chi connectivity index (χ4n) is 3.79. The molecule has 8 heteroatoms. The van der Waals surface area contributed by atoms with Gasteiger partial charge in [0, 0.05) is 27.3 Å². The second-order valence-corrected chi connectivity index (χ2v) is 11.1. The molecule has 2 N–H and O–H groups in total. The first-order valence-electron chi connectivity index (χ1n) is 10.2. The molecule has 166 valence electrons. The van der Waals surface area contributed by atoms with Crippen molar-refractivity contribution in [1.29, 1.82) is 0 Å². The minimum atomic E-state index is -3.97. The third kappa shape index (κ3) is 4.60. The Kier molecular flexibility index (Phi) is 6.42. The van der Waals surface area contributed by atoms with E-state index in [1.54, 1.807) is 41.7 Å². The number of amides is 1. The molecule has 0 unspecified atom stereocenters. The van der Waals surface area contributed by atoms with Crippen LogP contribution in [0.15, 0.2) is 63.7 Å². The van der Waals surface area contributed by atoms with Crippen molar-refractivity contribution in [3.63, 3.8) is 0 Å². The summed E-state index contributed by atoms with van der Waals surface area (Å²) in [5.74, 6) is -0.452. The molecule has 0 aliphatic carbocycles. The minimum Gasteiger partial charge on any atom is -0.351 e. The molecule has 0 bridgehead atoms. The van der Waals surface area contributed by atoms with Crippen molar-refractivity contribution >= 4 is 49.6 Å². The fraction of sp³-hybridized carbons (Fsp3) is 0.208. The van der Waals surface area contributed by atoms with Crippen molar-refractivity contribution in [2.75, 3.05) is 6.54 Å². The highest BCUT2D eigenvalue weighted by molar-refractivity contribution is 7.91. The highest BCUT2D eigenvalue weighted by Crippen LogP contribution is 2.34. The zero-order valence-electron chi connectivity index (χ0n) is 17.7. The molecule has 0 saturated heterocycles. The van der Waals surface area contributed by atoms with Crippen molar-refractivity contribution in [2.45, 2.75) is 36.5 Å². The lowest BCUT2D eigenvalue weighted by Gasteiger charge is -2.10. The number of halogens is 1. The maximum absolute atomic E-state index is 13.7. The molecule has 0 fully saturated rings. The molecule has 0 radical (unpaired) electrons. The quantitative estimate of drug-likeness (QED) is 0.329. The third-order valence-corrected chi connectivity index (χ3v) is 8.17. The van der Waals surface area contributed by atoms with Gasteiger partial charge in [-0.25, -0.2) is 8.42 Å². The summed E-state index contributed by atoms with van der Waals surface area (Å²) in [6.45, 7) is 4.13. The van der Waals surface area contributed by atoms with Crippen LogP contribution in [0.3, 0.4) is 0 Å². The van der Waals surface area contributed by atoms with Gasteiger partial charge in [0.2, 0.25) is 9.84 Å². The molecular formula is C24H23ClN2O3S2. The van der Waals surface area contributed by atoms with Crippen molar-refractivity contribution in [3.8, 4) is 0 Å². The summed E-state index contributed by atoms with van der Waals surface area (Å²) in [4.78, 5) is 17.4. The Morgan fingerprint density at radius 1 is 1.09 bits per heavy atom. The van der Waals surface area contributed by atoms with Gasteiger partial charge in [0.1, 0.15) is 10.6 Å². The fourth-order valence-corrected chi connectivity index (χ4v) is 6.50. The molecule has 0 aliphatic heterocycles. The average Bonchev–Trinajstić information content (AvgIpc) is 3.38. The van der Waals surface area contributed by atoms with Crippen LogP contribution in [-0.2, 0) is 16.3 Å². The summed E-state index contributed by atoms with van der Waals surface area (Å²) in [5.41, 5.74) is 2.24. The lowest BCUT2D eigenvalue weighted by Crippen LogP contribution is -2.26. The first-order valence-corrected chi connectivity index (χ1v) is 12.9. The number of aromatic nitrogens is 1. The zero-order chi connectivity index (χ0) is 22.9. The minimum absolute atomic E-state index is 0.0255. The number of aromatic amines is 1. The molecule has 0 atom stereocenters. The number of benzene rings is 2. The molecule has 1 amide bonds. The van der Waals surface area contributed by atoms with E-state index < -0.39 is 15.7 Å². The highest BCUT2D eigenvalue weighted by atomic mass is 35.5. The maximum Gasteiger partial charge on any atom is 0.269 e. The molecule has 4 aromatic rings. The topological polar surface area (TPSA) is 79.0 Å². The van der Waals surface area contributed by atoms with E-state index in [0.29, 0.717) is 22.5 Å². The Morgan fingerprint density at radius 2 is 1.84 bits per heavy atom. The van der Waals surface area contributed by atoms with Crippen molar-refractivity contribution in [1.82, 2.24) is 10.3 Å². The molecule has 2 aromatic carbocycles. The largest absolute Gasteiger partial charge is 0.351 e. The van der Waals surface area contributed by atoms with Crippen LogP contribution in [0.2, 0.25) is 5.02 Å². The second kappa shape index (κ2) is 9.10. The van der Waals surface area contributed by atoms with Gasteiger partial charge < -0.3 is 10.3 Å². The molecule has 0 aliphatic rings. The predicted octanol–water partition coefficient (Wildman–Crippen LogP) is 5.70.